The highest BCUT2D eigenvalue weighted by atomic mass is 16.6. The summed E-state index contributed by atoms with van der Waals surface area (Å²) in [5, 5.41) is 0. The number of hydrogen-bond donors (Lipinski definition) is 0. The Labute approximate surface area is 223 Å². The van der Waals surface area contributed by atoms with Gasteiger partial charge in [0.25, 0.3) is 0 Å². The minimum absolute atomic E-state index is 0.0467. The predicted molar refractivity (Wildman–Crippen MR) is 132 cm³/mol. The first-order valence-electron chi connectivity index (χ1n) is 13.3. The van der Waals surface area contributed by atoms with Gasteiger partial charge in [-0.25, -0.2) is 0 Å². The summed E-state index contributed by atoms with van der Waals surface area (Å²) in [6.07, 6.45) is 4.90. The number of carbonyl (C=O) groups excluding carboxylic acids is 3. The SMILES string of the molecule is COCCOCCOCCOCCOCCOCCOCCOC(=O)CN1C(=O)C2C3C=CC(C3)C2C1=O. The Kier molecular flexibility index (Phi) is 14.2. The zero-order valence-corrected chi connectivity index (χ0v) is 22.2. The van der Waals surface area contributed by atoms with E-state index in [1.165, 1.54) is 0 Å². The van der Waals surface area contributed by atoms with Crippen LogP contribution in [0.4, 0.5) is 0 Å². The van der Waals surface area contributed by atoms with Crippen molar-refractivity contribution in [1.82, 2.24) is 4.90 Å². The summed E-state index contributed by atoms with van der Waals surface area (Å²) in [6, 6.07) is 0. The summed E-state index contributed by atoms with van der Waals surface area (Å²) in [6.45, 7) is 5.69. The molecule has 4 unspecified atom stereocenters. The predicted octanol–water partition coefficient (Wildman–Crippen LogP) is 0.0827. The lowest BCUT2D eigenvalue weighted by Crippen LogP contribution is -2.38. The highest BCUT2D eigenvalue weighted by Crippen LogP contribution is 2.52. The van der Waals surface area contributed by atoms with E-state index in [0.717, 1.165) is 11.3 Å². The molecule has 0 spiro atoms. The molecule has 2 fully saturated rings. The number of likely N-dealkylation sites (tertiary alicyclic amines) is 1. The topological polar surface area (TPSA) is 128 Å². The van der Waals surface area contributed by atoms with Crippen LogP contribution in [0.2, 0.25) is 0 Å². The molecule has 2 bridgehead atoms. The van der Waals surface area contributed by atoms with Crippen molar-refractivity contribution in [3.63, 3.8) is 0 Å². The van der Waals surface area contributed by atoms with Crippen LogP contribution in [0.1, 0.15) is 6.42 Å². The van der Waals surface area contributed by atoms with Crippen molar-refractivity contribution in [2.75, 3.05) is 106 Å². The molecule has 0 N–H and O–H groups in total. The van der Waals surface area contributed by atoms with Gasteiger partial charge in [-0.05, 0) is 18.3 Å². The van der Waals surface area contributed by atoms with Gasteiger partial charge in [0, 0.05) is 7.11 Å². The quantitative estimate of drug-likeness (QED) is 0.0752. The number of imide groups is 1. The molecule has 1 saturated heterocycles. The van der Waals surface area contributed by atoms with Gasteiger partial charge in [-0.1, -0.05) is 12.2 Å². The number of ether oxygens (including phenoxy) is 8. The molecule has 1 saturated carbocycles. The summed E-state index contributed by atoms with van der Waals surface area (Å²) in [5.41, 5.74) is 0. The number of allylic oxidation sites excluding steroid dienone is 2. The van der Waals surface area contributed by atoms with E-state index < -0.39 is 5.97 Å². The van der Waals surface area contributed by atoms with E-state index in [2.05, 4.69) is 0 Å². The van der Waals surface area contributed by atoms with E-state index in [-0.39, 0.29) is 55.2 Å². The third-order valence-corrected chi connectivity index (χ3v) is 6.63. The van der Waals surface area contributed by atoms with Crippen molar-refractivity contribution < 1.29 is 52.3 Å². The lowest BCUT2D eigenvalue weighted by atomic mass is 9.85. The maximum Gasteiger partial charge on any atom is 0.326 e. The molecular weight excluding hydrogens is 502 g/mol. The molecular formula is C26H41NO11. The highest BCUT2D eigenvalue weighted by molar-refractivity contribution is 6.08. The third-order valence-electron chi connectivity index (χ3n) is 6.63. The lowest BCUT2D eigenvalue weighted by molar-refractivity contribution is -0.154. The summed E-state index contributed by atoms with van der Waals surface area (Å²) < 4.78 is 42.3. The van der Waals surface area contributed by atoms with Crippen LogP contribution in [0.25, 0.3) is 0 Å². The molecule has 12 heteroatoms. The van der Waals surface area contributed by atoms with Gasteiger partial charge in [0.1, 0.15) is 13.2 Å². The molecule has 4 atom stereocenters. The number of amides is 2. The summed E-state index contributed by atoms with van der Waals surface area (Å²) in [5.74, 6) is -1.47. The van der Waals surface area contributed by atoms with Crippen LogP contribution in [-0.4, -0.2) is 129 Å². The fraction of sp³-hybridized carbons (Fsp3) is 0.808. The Morgan fingerprint density at radius 1 is 0.658 bits per heavy atom. The van der Waals surface area contributed by atoms with Crippen molar-refractivity contribution in [2.45, 2.75) is 6.42 Å². The van der Waals surface area contributed by atoms with Gasteiger partial charge in [-0.2, -0.15) is 0 Å². The first-order chi connectivity index (χ1) is 18.6. The molecule has 0 aromatic heterocycles. The minimum Gasteiger partial charge on any atom is -0.462 e. The number of rotatable bonds is 23. The first kappa shape index (κ1) is 30.6. The van der Waals surface area contributed by atoms with Crippen LogP contribution in [0.5, 0.6) is 0 Å². The number of hydrogen-bond acceptors (Lipinski definition) is 11. The summed E-state index contributed by atoms with van der Waals surface area (Å²) in [7, 11) is 1.63. The second-order valence-corrected chi connectivity index (χ2v) is 9.15. The molecule has 0 aromatic carbocycles. The normalized spacial score (nSPS) is 23.6. The maximum absolute atomic E-state index is 12.6. The van der Waals surface area contributed by atoms with Gasteiger partial charge >= 0.3 is 5.97 Å². The Bertz CT molecular complexity index is 731. The molecule has 1 heterocycles. The van der Waals surface area contributed by atoms with Gasteiger partial charge in [-0.3, -0.25) is 19.3 Å². The molecule has 38 heavy (non-hydrogen) atoms. The fourth-order valence-electron chi connectivity index (χ4n) is 4.85. The number of methoxy groups -OCH3 is 1. The molecule has 2 amide bonds. The van der Waals surface area contributed by atoms with Gasteiger partial charge < -0.3 is 37.9 Å². The maximum atomic E-state index is 12.6. The number of esters is 1. The van der Waals surface area contributed by atoms with Crippen molar-refractivity contribution in [3.8, 4) is 0 Å². The van der Waals surface area contributed by atoms with Crippen LogP contribution in [0.15, 0.2) is 12.2 Å². The fourth-order valence-corrected chi connectivity index (χ4v) is 4.85. The molecule has 3 rings (SSSR count). The van der Waals surface area contributed by atoms with Gasteiger partial charge in [0.05, 0.1) is 97.7 Å². The standard InChI is InChI=1S/C26H41NO11/c1-31-4-5-32-6-7-33-8-9-34-10-11-35-12-13-36-14-15-37-16-17-38-22(28)19-27-25(29)23-20-2-3-21(18-20)24(23)26(27)30/h2-3,20-21,23-24H,4-19H2,1H3. The largest absolute Gasteiger partial charge is 0.462 e. The number of nitrogens with zero attached hydrogens (tertiary/aromatic N) is 1. The van der Waals surface area contributed by atoms with Crippen LogP contribution in [0.3, 0.4) is 0 Å². The van der Waals surface area contributed by atoms with E-state index in [1.807, 2.05) is 12.2 Å². The third kappa shape index (κ3) is 9.67. The monoisotopic (exact) mass is 543 g/mol. The smallest absolute Gasteiger partial charge is 0.326 e. The van der Waals surface area contributed by atoms with E-state index >= 15 is 0 Å². The van der Waals surface area contributed by atoms with Crippen LogP contribution in [-0.2, 0) is 52.3 Å². The summed E-state index contributed by atoms with van der Waals surface area (Å²) in [4.78, 5) is 38.3. The second-order valence-electron chi connectivity index (χ2n) is 9.15. The zero-order chi connectivity index (χ0) is 27.0. The Morgan fingerprint density at radius 2 is 1.03 bits per heavy atom. The van der Waals surface area contributed by atoms with Crippen LogP contribution in [0, 0.1) is 23.7 Å². The van der Waals surface area contributed by atoms with E-state index in [0.29, 0.717) is 79.3 Å². The molecule has 0 radical (unpaired) electrons. The van der Waals surface area contributed by atoms with Crippen molar-refractivity contribution in [2.24, 2.45) is 23.7 Å². The molecule has 1 aliphatic heterocycles. The average Bonchev–Trinajstić information content (AvgIpc) is 3.60. The Hall–Kier alpha value is -1.93. The summed E-state index contributed by atoms with van der Waals surface area (Å²) >= 11 is 0. The lowest BCUT2D eigenvalue weighted by Gasteiger charge is -2.16. The Balaban J connectivity index is 1.04. The zero-order valence-electron chi connectivity index (χ0n) is 22.2. The average molecular weight is 544 g/mol. The van der Waals surface area contributed by atoms with Gasteiger partial charge in [0.15, 0.2) is 0 Å². The number of fused-ring (bicyclic) bond motifs is 5. The van der Waals surface area contributed by atoms with Crippen molar-refractivity contribution in [3.05, 3.63) is 12.2 Å². The van der Waals surface area contributed by atoms with Gasteiger partial charge in [-0.15, -0.1) is 0 Å². The molecule has 3 aliphatic rings. The Morgan fingerprint density at radius 3 is 1.42 bits per heavy atom. The van der Waals surface area contributed by atoms with E-state index in [1.54, 1.807) is 7.11 Å². The van der Waals surface area contributed by atoms with E-state index in [9.17, 15) is 14.4 Å². The van der Waals surface area contributed by atoms with Crippen LogP contribution < -0.4 is 0 Å². The van der Waals surface area contributed by atoms with Crippen molar-refractivity contribution >= 4 is 17.8 Å². The van der Waals surface area contributed by atoms with Crippen molar-refractivity contribution in [1.29, 1.82) is 0 Å². The highest BCUT2D eigenvalue weighted by Gasteiger charge is 2.59. The second kappa shape index (κ2) is 17.6. The number of carbonyl (C=O) groups is 3. The van der Waals surface area contributed by atoms with E-state index in [4.69, 9.17) is 37.9 Å². The van der Waals surface area contributed by atoms with Gasteiger partial charge in [0.2, 0.25) is 11.8 Å². The van der Waals surface area contributed by atoms with Crippen LogP contribution >= 0.6 is 0 Å². The first-order valence-corrected chi connectivity index (χ1v) is 13.3. The minimum atomic E-state index is -0.608. The molecule has 0 aromatic rings. The molecule has 216 valence electrons. The molecule has 2 aliphatic carbocycles. The molecule has 12 nitrogen and oxygen atoms in total.